The first-order chi connectivity index (χ1) is 7.95. The number of nitrogens with zero attached hydrogens (tertiary/aromatic N) is 1. The SMILES string of the molecule is [Y].[c-]1ncccc1-c1[c-]ccc2ccccc12. The number of fused-ring (bicyclic) bond motifs is 1. The van der Waals surface area contributed by atoms with Crippen LogP contribution in [-0.2, 0) is 32.7 Å². The van der Waals surface area contributed by atoms with Gasteiger partial charge in [0.05, 0.1) is 0 Å². The maximum Gasteiger partial charge on any atom is 0 e. The predicted octanol–water partition coefficient (Wildman–Crippen LogP) is 3.50. The van der Waals surface area contributed by atoms with Crippen LogP contribution in [0.3, 0.4) is 0 Å². The van der Waals surface area contributed by atoms with Gasteiger partial charge >= 0.3 is 0 Å². The molecule has 0 saturated carbocycles. The molecule has 79 valence electrons. The quantitative estimate of drug-likeness (QED) is 0.626. The zero-order valence-electron chi connectivity index (χ0n) is 9.22. The van der Waals surface area contributed by atoms with E-state index in [9.17, 15) is 0 Å². The third kappa shape index (κ3) is 2.46. The van der Waals surface area contributed by atoms with Gasteiger partial charge in [-0.2, -0.15) is 18.2 Å². The molecular weight excluding hydrogens is 283 g/mol. The topological polar surface area (TPSA) is 12.9 Å². The molecule has 0 fully saturated rings. The van der Waals surface area contributed by atoms with Crippen molar-refractivity contribution in [1.29, 1.82) is 0 Å². The maximum atomic E-state index is 4.02. The Balaban J connectivity index is 0.00000108. The number of rotatable bonds is 1. The molecule has 0 aliphatic carbocycles. The fourth-order valence-electron chi connectivity index (χ4n) is 1.85. The van der Waals surface area contributed by atoms with Crippen LogP contribution in [0.4, 0.5) is 0 Å². The molecule has 0 saturated heterocycles. The van der Waals surface area contributed by atoms with Crippen LogP contribution in [0.5, 0.6) is 0 Å². The maximum absolute atomic E-state index is 4.02. The molecule has 2 heteroatoms. The van der Waals surface area contributed by atoms with Crippen molar-refractivity contribution in [3.8, 4) is 11.1 Å². The molecule has 0 atom stereocenters. The van der Waals surface area contributed by atoms with Gasteiger partial charge in [-0.25, -0.2) is 11.1 Å². The molecule has 0 aliphatic rings. The van der Waals surface area contributed by atoms with Gasteiger partial charge < -0.3 is 4.98 Å². The number of benzene rings is 2. The minimum absolute atomic E-state index is 0. The van der Waals surface area contributed by atoms with Gasteiger partial charge in [0.1, 0.15) is 0 Å². The van der Waals surface area contributed by atoms with Gasteiger partial charge in [-0.05, 0) is 0 Å². The molecule has 0 aliphatic heterocycles. The van der Waals surface area contributed by atoms with Crippen molar-refractivity contribution in [3.63, 3.8) is 0 Å². The Labute approximate surface area is 126 Å². The molecule has 2 aromatic carbocycles. The fourth-order valence-corrected chi connectivity index (χ4v) is 1.85. The standard InChI is InChI=1S/C15H9N.Y/c1-2-8-14-12(5-1)6-3-9-15(14)13-7-4-10-16-11-13;/h1-8,10H;/q-2;. The Morgan fingerprint density at radius 3 is 2.65 bits per heavy atom. The fraction of sp³-hybridized carbons (Fsp3) is 0. The average Bonchev–Trinajstić information content (AvgIpc) is 2.39. The molecule has 1 radical (unpaired) electrons. The van der Waals surface area contributed by atoms with E-state index in [-0.39, 0.29) is 32.7 Å². The van der Waals surface area contributed by atoms with Gasteiger partial charge in [-0.15, -0.1) is 29.0 Å². The summed E-state index contributed by atoms with van der Waals surface area (Å²) in [7, 11) is 0. The van der Waals surface area contributed by atoms with E-state index in [2.05, 4.69) is 35.4 Å². The van der Waals surface area contributed by atoms with Gasteiger partial charge in [0.25, 0.3) is 0 Å². The predicted molar refractivity (Wildman–Crippen MR) is 64.9 cm³/mol. The van der Waals surface area contributed by atoms with Crippen LogP contribution in [0, 0.1) is 12.3 Å². The van der Waals surface area contributed by atoms with E-state index in [0.717, 1.165) is 11.1 Å². The van der Waals surface area contributed by atoms with E-state index in [1.54, 1.807) is 6.20 Å². The summed E-state index contributed by atoms with van der Waals surface area (Å²) in [5.41, 5.74) is 2.05. The second kappa shape index (κ2) is 5.53. The summed E-state index contributed by atoms with van der Waals surface area (Å²) >= 11 is 0. The smallest absolute Gasteiger partial charge is 0 e. The van der Waals surface area contributed by atoms with E-state index >= 15 is 0 Å². The van der Waals surface area contributed by atoms with Gasteiger partial charge in [-0.3, -0.25) is 0 Å². The zero-order chi connectivity index (χ0) is 10.8. The van der Waals surface area contributed by atoms with E-state index in [1.807, 2.05) is 30.3 Å². The van der Waals surface area contributed by atoms with Gasteiger partial charge in [0, 0.05) is 32.7 Å². The summed E-state index contributed by atoms with van der Waals surface area (Å²) in [5, 5.41) is 2.41. The first-order valence-corrected chi connectivity index (χ1v) is 5.18. The summed E-state index contributed by atoms with van der Waals surface area (Å²) in [5.74, 6) is 0. The molecule has 1 aromatic heterocycles. The Kier molecular flexibility index (Phi) is 4.03. The first kappa shape index (κ1) is 12.4. The Hall–Kier alpha value is -1.05. The van der Waals surface area contributed by atoms with Crippen LogP contribution in [0.15, 0.2) is 54.7 Å². The second-order valence-electron chi connectivity index (χ2n) is 3.60. The van der Waals surface area contributed by atoms with Crippen LogP contribution in [0.25, 0.3) is 21.9 Å². The summed E-state index contributed by atoms with van der Waals surface area (Å²) in [6, 6.07) is 19.5. The third-order valence-electron chi connectivity index (χ3n) is 2.60. The van der Waals surface area contributed by atoms with Crippen LogP contribution < -0.4 is 0 Å². The van der Waals surface area contributed by atoms with Crippen molar-refractivity contribution in [2.24, 2.45) is 0 Å². The van der Waals surface area contributed by atoms with Crippen molar-refractivity contribution in [3.05, 3.63) is 67.0 Å². The Morgan fingerprint density at radius 1 is 0.941 bits per heavy atom. The van der Waals surface area contributed by atoms with Crippen molar-refractivity contribution in [2.75, 3.05) is 0 Å². The number of aromatic nitrogens is 1. The van der Waals surface area contributed by atoms with Crippen molar-refractivity contribution in [2.45, 2.75) is 0 Å². The van der Waals surface area contributed by atoms with Crippen molar-refractivity contribution >= 4 is 10.8 Å². The third-order valence-corrected chi connectivity index (χ3v) is 2.60. The van der Waals surface area contributed by atoms with Crippen LogP contribution in [-0.4, -0.2) is 4.98 Å². The average molecular weight is 292 g/mol. The van der Waals surface area contributed by atoms with E-state index in [4.69, 9.17) is 0 Å². The van der Waals surface area contributed by atoms with Gasteiger partial charge in [0.15, 0.2) is 0 Å². The van der Waals surface area contributed by atoms with Crippen molar-refractivity contribution in [1.82, 2.24) is 4.98 Å². The van der Waals surface area contributed by atoms with E-state index < -0.39 is 0 Å². The number of hydrogen-bond donors (Lipinski definition) is 0. The largest absolute Gasteiger partial charge is 0.371 e. The molecule has 0 bridgehead atoms. The minimum atomic E-state index is 0. The van der Waals surface area contributed by atoms with E-state index in [0.29, 0.717) is 0 Å². The molecule has 1 nitrogen and oxygen atoms in total. The first-order valence-electron chi connectivity index (χ1n) is 5.18. The number of pyridine rings is 1. The molecular formula is C15H9NY-2. The molecule has 3 rings (SSSR count). The van der Waals surface area contributed by atoms with Crippen LogP contribution in [0.2, 0.25) is 0 Å². The molecule has 1 heterocycles. The molecule has 0 N–H and O–H groups in total. The molecule has 0 unspecified atom stereocenters. The van der Waals surface area contributed by atoms with E-state index in [1.165, 1.54) is 10.8 Å². The minimum Gasteiger partial charge on any atom is -0.371 e. The summed E-state index contributed by atoms with van der Waals surface area (Å²) in [6.07, 6.45) is 4.73. The van der Waals surface area contributed by atoms with Crippen LogP contribution >= 0.6 is 0 Å². The van der Waals surface area contributed by atoms with Crippen LogP contribution in [0.1, 0.15) is 0 Å². The molecule has 0 amide bonds. The molecule has 17 heavy (non-hydrogen) atoms. The van der Waals surface area contributed by atoms with Gasteiger partial charge in [0.2, 0.25) is 0 Å². The Bertz CT molecular complexity index is 615. The zero-order valence-corrected chi connectivity index (χ0v) is 12.1. The van der Waals surface area contributed by atoms with Crippen molar-refractivity contribution < 1.29 is 32.7 Å². The van der Waals surface area contributed by atoms with Gasteiger partial charge in [-0.1, -0.05) is 30.6 Å². The molecule has 3 aromatic rings. The monoisotopic (exact) mass is 292 g/mol. The summed E-state index contributed by atoms with van der Waals surface area (Å²) in [4.78, 5) is 4.02. The summed E-state index contributed by atoms with van der Waals surface area (Å²) in [6.45, 7) is 0. The Morgan fingerprint density at radius 2 is 1.82 bits per heavy atom. The second-order valence-corrected chi connectivity index (χ2v) is 3.60. The normalized spacial score (nSPS) is 9.88. The summed E-state index contributed by atoms with van der Waals surface area (Å²) < 4.78 is 0. The number of hydrogen-bond acceptors (Lipinski definition) is 1. The molecule has 0 spiro atoms.